The summed E-state index contributed by atoms with van der Waals surface area (Å²) in [6.07, 6.45) is 0. The van der Waals surface area contributed by atoms with E-state index >= 15 is 0 Å². The van der Waals surface area contributed by atoms with Crippen LogP contribution in [0.2, 0.25) is 0 Å². The van der Waals surface area contributed by atoms with Gasteiger partial charge >= 0.3 is 0 Å². The van der Waals surface area contributed by atoms with Crippen LogP contribution in [0.3, 0.4) is 0 Å². The van der Waals surface area contributed by atoms with Crippen molar-refractivity contribution in [2.45, 2.75) is 0 Å². The van der Waals surface area contributed by atoms with Gasteiger partial charge in [-0.3, -0.25) is 0 Å². The second-order valence-corrected chi connectivity index (χ2v) is 15.0. The fourth-order valence-corrected chi connectivity index (χ4v) is 8.68. The van der Waals surface area contributed by atoms with Crippen LogP contribution in [0.4, 0.5) is 0 Å². The lowest BCUT2D eigenvalue weighted by molar-refractivity contribution is 1.07. The van der Waals surface area contributed by atoms with Gasteiger partial charge in [0.25, 0.3) is 0 Å². The molecule has 1 aromatic heterocycles. The summed E-state index contributed by atoms with van der Waals surface area (Å²) in [4.78, 5) is 14.7. The topological polar surface area (TPSA) is 62.5 Å². The molecule has 278 valence electrons. The van der Waals surface area contributed by atoms with Gasteiger partial charge in [-0.1, -0.05) is 194 Å². The van der Waals surface area contributed by atoms with Crippen LogP contribution in [0.15, 0.2) is 206 Å². The number of nitriles is 1. The highest BCUT2D eigenvalue weighted by Gasteiger charge is 2.23. The molecule has 0 N–H and O–H groups in total. The minimum Gasteiger partial charge on any atom is -0.208 e. The molecule has 0 unspecified atom stereocenters. The first-order chi connectivity index (χ1) is 29.7. The highest BCUT2D eigenvalue weighted by molar-refractivity contribution is 6.19. The Morgan fingerprint density at radius 1 is 0.283 bits per heavy atom. The zero-order valence-electron chi connectivity index (χ0n) is 32.4. The largest absolute Gasteiger partial charge is 0.208 e. The van der Waals surface area contributed by atoms with Gasteiger partial charge in [-0.15, -0.1) is 0 Å². The normalized spacial score (nSPS) is 11.3. The van der Waals surface area contributed by atoms with Gasteiger partial charge in [-0.05, 0) is 89.7 Å². The Balaban J connectivity index is 0.945. The Hall–Kier alpha value is -8.26. The van der Waals surface area contributed by atoms with E-state index in [1.165, 1.54) is 38.6 Å². The first-order valence-corrected chi connectivity index (χ1v) is 20.1. The fourth-order valence-electron chi connectivity index (χ4n) is 8.68. The van der Waals surface area contributed by atoms with E-state index in [1.807, 2.05) is 72.8 Å². The van der Waals surface area contributed by atoms with Crippen LogP contribution in [0.5, 0.6) is 0 Å². The summed E-state index contributed by atoms with van der Waals surface area (Å²) in [6.45, 7) is 0. The highest BCUT2D eigenvalue weighted by Crippen LogP contribution is 2.50. The fraction of sp³-hybridized carbons (Fsp3) is 0. The van der Waals surface area contributed by atoms with E-state index in [9.17, 15) is 5.26 Å². The van der Waals surface area contributed by atoms with Crippen LogP contribution < -0.4 is 0 Å². The number of aromatic nitrogens is 3. The maximum absolute atomic E-state index is 10.1. The Kier molecular flexibility index (Phi) is 8.50. The average Bonchev–Trinajstić information content (AvgIpc) is 3.66. The molecule has 60 heavy (non-hydrogen) atoms. The van der Waals surface area contributed by atoms with Gasteiger partial charge in [0, 0.05) is 16.7 Å². The van der Waals surface area contributed by atoms with E-state index in [-0.39, 0.29) is 0 Å². The molecule has 0 spiro atoms. The standard InChI is InChI=1S/C56H34N4/c57-35-36-22-31-43(52(34-36)47-19-10-7-16-44(47)48-32-33-51-46-18-9-8-17-45(46)49-20-11-21-50(48)53(49)51)39-27-23-37(24-28-39)38-25-29-42(30-26-38)56-59-54(40-12-3-1-4-13-40)58-55(60-56)41-14-5-2-6-15-41/h1-34H. The van der Waals surface area contributed by atoms with E-state index in [2.05, 4.69) is 140 Å². The lowest BCUT2D eigenvalue weighted by atomic mass is 9.86. The van der Waals surface area contributed by atoms with Crippen molar-refractivity contribution >= 4 is 10.8 Å². The monoisotopic (exact) mass is 762 g/mol. The number of nitrogens with zero attached hydrogens (tertiary/aromatic N) is 4. The van der Waals surface area contributed by atoms with E-state index < -0.39 is 0 Å². The molecule has 0 atom stereocenters. The quantitative estimate of drug-likeness (QED) is 0.162. The lowest BCUT2D eigenvalue weighted by Gasteiger charge is -2.17. The lowest BCUT2D eigenvalue weighted by Crippen LogP contribution is -2.00. The molecule has 0 fully saturated rings. The van der Waals surface area contributed by atoms with Gasteiger partial charge in [0.2, 0.25) is 0 Å². The van der Waals surface area contributed by atoms with Gasteiger partial charge in [0.15, 0.2) is 17.5 Å². The average molecular weight is 763 g/mol. The molecule has 0 amide bonds. The van der Waals surface area contributed by atoms with Gasteiger partial charge in [0.05, 0.1) is 11.6 Å². The zero-order valence-corrected chi connectivity index (χ0v) is 32.4. The van der Waals surface area contributed by atoms with E-state index in [4.69, 9.17) is 15.0 Å². The van der Waals surface area contributed by atoms with Crippen molar-refractivity contribution in [3.05, 3.63) is 212 Å². The van der Waals surface area contributed by atoms with Crippen LogP contribution in [-0.2, 0) is 0 Å². The molecular weight excluding hydrogens is 729 g/mol. The smallest absolute Gasteiger partial charge is 0.164 e. The van der Waals surface area contributed by atoms with Crippen LogP contribution in [0.25, 0.3) is 112 Å². The van der Waals surface area contributed by atoms with Crippen LogP contribution in [0, 0.1) is 11.3 Å². The van der Waals surface area contributed by atoms with Crippen molar-refractivity contribution in [2.75, 3.05) is 0 Å². The summed E-state index contributed by atoms with van der Waals surface area (Å²) in [6, 6.07) is 74.0. The SMILES string of the molecule is N#Cc1ccc(-c2ccc(-c3ccc(-c4nc(-c5ccccc5)nc(-c5ccccc5)n4)cc3)cc2)c(-c2ccccc2-c2ccc3c4c(cccc24)-c2ccccc2-3)c1. The third kappa shape index (κ3) is 6.05. The molecule has 4 heteroatoms. The summed E-state index contributed by atoms with van der Waals surface area (Å²) < 4.78 is 0. The molecule has 10 aromatic rings. The number of benzene rings is 9. The summed E-state index contributed by atoms with van der Waals surface area (Å²) in [5.74, 6) is 1.90. The first-order valence-electron chi connectivity index (χ1n) is 20.1. The molecule has 1 heterocycles. The van der Waals surface area contributed by atoms with Gasteiger partial charge in [-0.2, -0.15) is 5.26 Å². The summed E-state index contributed by atoms with van der Waals surface area (Å²) >= 11 is 0. The molecule has 1 aliphatic carbocycles. The summed E-state index contributed by atoms with van der Waals surface area (Å²) in [5, 5.41) is 12.6. The second kappa shape index (κ2) is 14.6. The second-order valence-electron chi connectivity index (χ2n) is 15.0. The van der Waals surface area contributed by atoms with Gasteiger partial charge < -0.3 is 0 Å². The molecule has 9 aromatic carbocycles. The van der Waals surface area contributed by atoms with Crippen LogP contribution in [-0.4, -0.2) is 15.0 Å². The Morgan fingerprint density at radius 3 is 1.23 bits per heavy atom. The summed E-state index contributed by atoms with van der Waals surface area (Å²) in [7, 11) is 0. The van der Waals surface area contributed by atoms with E-state index in [1.54, 1.807) is 0 Å². The Labute approximate surface area is 348 Å². The molecular formula is C56H34N4. The molecule has 4 nitrogen and oxygen atoms in total. The van der Waals surface area contributed by atoms with E-state index in [0.29, 0.717) is 23.0 Å². The molecule has 0 saturated heterocycles. The van der Waals surface area contributed by atoms with Crippen molar-refractivity contribution in [1.82, 2.24) is 15.0 Å². The molecule has 0 radical (unpaired) electrons. The third-order valence-electron chi connectivity index (χ3n) is 11.6. The van der Waals surface area contributed by atoms with Crippen LogP contribution in [0.1, 0.15) is 5.56 Å². The van der Waals surface area contributed by atoms with Crippen molar-refractivity contribution in [3.63, 3.8) is 0 Å². The van der Waals surface area contributed by atoms with Gasteiger partial charge in [0.1, 0.15) is 0 Å². The summed E-state index contributed by atoms with van der Waals surface area (Å²) in [5.41, 5.74) is 17.3. The van der Waals surface area contributed by atoms with Crippen molar-refractivity contribution in [2.24, 2.45) is 0 Å². The van der Waals surface area contributed by atoms with Crippen LogP contribution >= 0.6 is 0 Å². The minimum atomic E-state index is 0.625. The number of hydrogen-bond acceptors (Lipinski definition) is 4. The Bertz CT molecular complexity index is 3210. The van der Waals surface area contributed by atoms with Crippen molar-refractivity contribution in [3.8, 4) is 107 Å². The zero-order chi connectivity index (χ0) is 40.0. The number of rotatable bonds is 7. The molecule has 11 rings (SSSR count). The van der Waals surface area contributed by atoms with E-state index in [0.717, 1.165) is 55.6 Å². The molecule has 1 aliphatic rings. The Morgan fingerprint density at radius 2 is 0.683 bits per heavy atom. The minimum absolute atomic E-state index is 0.625. The molecule has 0 saturated carbocycles. The maximum atomic E-state index is 10.1. The van der Waals surface area contributed by atoms with Gasteiger partial charge in [-0.25, -0.2) is 15.0 Å². The maximum Gasteiger partial charge on any atom is 0.164 e. The van der Waals surface area contributed by atoms with Crippen molar-refractivity contribution in [1.29, 1.82) is 5.26 Å². The van der Waals surface area contributed by atoms with Crippen molar-refractivity contribution < 1.29 is 0 Å². The number of fused-ring (bicyclic) bond motifs is 3. The molecule has 0 aliphatic heterocycles. The predicted molar refractivity (Wildman–Crippen MR) is 245 cm³/mol. The highest BCUT2D eigenvalue weighted by atomic mass is 15.0. The molecule has 0 bridgehead atoms. The first kappa shape index (κ1) is 34.9. The predicted octanol–water partition coefficient (Wildman–Crippen LogP) is 14.2. The number of hydrogen-bond donors (Lipinski definition) is 0. The third-order valence-corrected chi connectivity index (χ3v) is 11.6.